The molecule has 1 saturated carbocycles. The number of hydrogen-bond acceptors (Lipinski definition) is 7. The fraction of sp³-hybridized carbons (Fsp3) is 0.583. The lowest BCUT2D eigenvalue weighted by Crippen LogP contribution is -2.49. The van der Waals surface area contributed by atoms with Crippen LogP contribution in [0.2, 0.25) is 5.02 Å². The van der Waals surface area contributed by atoms with Gasteiger partial charge in [0.1, 0.15) is 5.75 Å². The van der Waals surface area contributed by atoms with Crippen LogP contribution in [-0.4, -0.2) is 63.2 Å². The third kappa shape index (κ3) is 6.20. The molecule has 2 aromatic carbocycles. The molecule has 10 heteroatoms. The maximum Gasteiger partial charge on any atom is 0.264 e. The number of aliphatic hydroxyl groups excluding tert-OH is 1. The summed E-state index contributed by atoms with van der Waals surface area (Å²) in [4.78, 5) is 16.0. The zero-order valence-electron chi connectivity index (χ0n) is 26.5. The van der Waals surface area contributed by atoms with Gasteiger partial charge in [0.2, 0.25) is 10.0 Å². The second-order valence-corrected chi connectivity index (χ2v) is 16.6. The van der Waals surface area contributed by atoms with E-state index in [0.717, 1.165) is 55.7 Å². The predicted octanol–water partition coefficient (Wildman–Crippen LogP) is 5.79. The molecule has 0 unspecified atom stereocenters. The van der Waals surface area contributed by atoms with Crippen LogP contribution in [0, 0.1) is 17.8 Å². The van der Waals surface area contributed by atoms with E-state index in [1.165, 1.54) is 11.1 Å². The van der Waals surface area contributed by atoms with Gasteiger partial charge in [0, 0.05) is 35.7 Å². The minimum atomic E-state index is -4.04. The molecule has 0 radical (unpaired) electrons. The second kappa shape index (κ2) is 12.8. The molecular weight excluding hydrogens is 624 g/mol. The minimum Gasteiger partial charge on any atom is -0.490 e. The van der Waals surface area contributed by atoms with Gasteiger partial charge in [-0.05, 0) is 117 Å². The Bertz CT molecular complexity index is 1610. The highest BCUT2D eigenvalue weighted by Crippen LogP contribution is 2.47. The highest BCUT2D eigenvalue weighted by molar-refractivity contribution is 7.90. The van der Waals surface area contributed by atoms with Gasteiger partial charge in [0.15, 0.2) is 0 Å². The topological polar surface area (TPSA) is 105 Å². The van der Waals surface area contributed by atoms with Crippen molar-refractivity contribution in [3.63, 3.8) is 0 Å². The minimum absolute atomic E-state index is 0.110. The summed E-state index contributed by atoms with van der Waals surface area (Å²) in [5.74, 6) is 0.149. The third-order valence-electron chi connectivity index (χ3n) is 11.3. The number of anilines is 1. The van der Waals surface area contributed by atoms with Crippen molar-refractivity contribution in [1.29, 1.82) is 0 Å². The fourth-order valence-corrected chi connectivity index (χ4v) is 10.5. The Hall–Kier alpha value is -2.59. The van der Waals surface area contributed by atoms with Crippen LogP contribution in [0.5, 0.6) is 5.75 Å². The highest BCUT2D eigenvalue weighted by atomic mass is 35.5. The molecule has 248 valence electrons. The van der Waals surface area contributed by atoms with Crippen LogP contribution >= 0.6 is 11.6 Å². The average Bonchev–Trinajstić information content (AvgIpc) is 3.47. The summed E-state index contributed by atoms with van der Waals surface area (Å²) in [7, 11) is -4.04. The third-order valence-corrected chi connectivity index (χ3v) is 13.5. The van der Waals surface area contributed by atoms with E-state index in [2.05, 4.69) is 21.8 Å². The summed E-state index contributed by atoms with van der Waals surface area (Å²) < 4.78 is 42.5. The molecule has 2 bridgehead atoms. The highest BCUT2D eigenvalue weighted by Gasteiger charge is 2.44. The van der Waals surface area contributed by atoms with E-state index in [4.69, 9.17) is 21.1 Å². The molecule has 2 fully saturated rings. The standard InChI is InChI=1S/C36H45ClN2O6S/c1-23-5-2-8-32(40)29-12-9-26(29)20-39-21-36(15-3-6-24-17-27(37)11-13-30(24)36)22-45-33-14-10-25(18-31(33)39)35(41)38-46(42,43)34(23)19-28-7-4-16-44-28/h2,8,10-11,13-14,17-18,23,26,28-29,32,34,40H,3-7,9,12,15-16,19-22H2,1H3,(H,38,41)/b8-2-/t23-,26+,28-,29-,32+,34-,36+/m1/s1. The molecule has 1 amide bonds. The zero-order chi connectivity index (χ0) is 32.1. The van der Waals surface area contributed by atoms with Gasteiger partial charge in [0.25, 0.3) is 5.91 Å². The lowest BCUT2D eigenvalue weighted by molar-refractivity contribution is 0.0455. The number of hydrogen-bond donors (Lipinski definition) is 2. The fourth-order valence-electron chi connectivity index (χ4n) is 8.55. The molecular formula is C36H45ClN2O6S. The van der Waals surface area contributed by atoms with Gasteiger partial charge >= 0.3 is 0 Å². The van der Waals surface area contributed by atoms with E-state index in [1.807, 2.05) is 25.1 Å². The predicted molar refractivity (Wildman–Crippen MR) is 179 cm³/mol. The van der Waals surface area contributed by atoms with Crippen molar-refractivity contribution in [3.8, 4) is 5.75 Å². The van der Waals surface area contributed by atoms with Crippen LogP contribution in [0.1, 0.15) is 79.8 Å². The molecule has 1 spiro atoms. The molecule has 2 aliphatic carbocycles. The Morgan fingerprint density at radius 2 is 2.00 bits per heavy atom. The van der Waals surface area contributed by atoms with Gasteiger partial charge in [-0.1, -0.05) is 36.7 Å². The number of rotatable bonds is 2. The summed E-state index contributed by atoms with van der Waals surface area (Å²) in [5, 5.41) is 11.2. The summed E-state index contributed by atoms with van der Waals surface area (Å²) >= 11 is 6.41. The Morgan fingerprint density at radius 3 is 2.78 bits per heavy atom. The van der Waals surface area contributed by atoms with Crippen molar-refractivity contribution >= 4 is 33.2 Å². The normalized spacial score (nSPS) is 34.8. The zero-order valence-corrected chi connectivity index (χ0v) is 28.1. The van der Waals surface area contributed by atoms with Gasteiger partial charge in [-0.25, -0.2) is 13.1 Å². The van der Waals surface area contributed by atoms with Crippen molar-refractivity contribution in [2.24, 2.45) is 17.8 Å². The van der Waals surface area contributed by atoms with Gasteiger partial charge in [0.05, 0.1) is 29.8 Å². The first-order valence-electron chi connectivity index (χ1n) is 16.9. The Morgan fingerprint density at radius 1 is 1.13 bits per heavy atom. The summed E-state index contributed by atoms with van der Waals surface area (Å²) in [6.45, 7) is 4.42. The first-order chi connectivity index (χ1) is 22.1. The molecule has 3 heterocycles. The number of aliphatic hydroxyl groups is 1. The van der Waals surface area contributed by atoms with Crippen LogP contribution in [0.25, 0.3) is 0 Å². The average molecular weight is 669 g/mol. The van der Waals surface area contributed by atoms with Crippen molar-refractivity contribution in [2.75, 3.05) is 31.2 Å². The van der Waals surface area contributed by atoms with E-state index >= 15 is 0 Å². The van der Waals surface area contributed by atoms with Gasteiger partial charge in [-0.3, -0.25) is 4.79 Å². The SMILES string of the molecule is C[C@@H]1C/C=C\[C@H](O)[C@@H]2CC[C@H]2CN2C[C@@]3(CCCc4cc(Cl)ccc43)COc3ccc(cc32)C(=O)NS(=O)(=O)[C@@H]1C[C@H]1CCCO1. The molecule has 46 heavy (non-hydrogen) atoms. The van der Waals surface area contributed by atoms with Gasteiger partial charge in [-0.2, -0.15) is 0 Å². The van der Waals surface area contributed by atoms with E-state index in [1.54, 1.807) is 18.2 Å². The number of fused-ring (bicyclic) bond motifs is 4. The number of nitrogens with zero attached hydrogens (tertiary/aromatic N) is 1. The van der Waals surface area contributed by atoms with Crippen molar-refractivity contribution in [3.05, 3.63) is 70.3 Å². The van der Waals surface area contributed by atoms with Crippen molar-refractivity contribution in [1.82, 2.24) is 4.72 Å². The van der Waals surface area contributed by atoms with E-state index < -0.39 is 27.3 Å². The summed E-state index contributed by atoms with van der Waals surface area (Å²) in [6, 6.07) is 11.4. The van der Waals surface area contributed by atoms with Crippen LogP contribution < -0.4 is 14.4 Å². The maximum absolute atomic E-state index is 13.9. The first kappa shape index (κ1) is 32.0. The number of benzene rings is 2. The summed E-state index contributed by atoms with van der Waals surface area (Å²) in [5.41, 5.74) is 3.31. The van der Waals surface area contributed by atoms with E-state index in [9.17, 15) is 18.3 Å². The number of carbonyl (C=O) groups excluding carboxylic acids is 1. The van der Waals surface area contributed by atoms with E-state index in [0.29, 0.717) is 44.9 Å². The lowest BCUT2D eigenvalue weighted by atomic mass is 9.68. The van der Waals surface area contributed by atoms with Crippen LogP contribution in [0.15, 0.2) is 48.6 Å². The smallest absolute Gasteiger partial charge is 0.264 e. The molecule has 2 aromatic rings. The number of carbonyl (C=O) groups is 1. The lowest BCUT2D eigenvalue weighted by Gasteiger charge is -2.45. The monoisotopic (exact) mass is 668 g/mol. The number of nitrogens with one attached hydrogen (secondary N) is 1. The molecule has 2 N–H and O–H groups in total. The maximum atomic E-state index is 13.9. The number of ether oxygens (including phenoxy) is 2. The summed E-state index contributed by atoms with van der Waals surface area (Å²) in [6.07, 6.45) is 10.4. The Balaban J connectivity index is 1.27. The van der Waals surface area contributed by atoms with Crippen LogP contribution in [0.4, 0.5) is 5.69 Å². The second-order valence-electron chi connectivity index (χ2n) is 14.3. The van der Waals surface area contributed by atoms with Gasteiger partial charge in [-0.15, -0.1) is 0 Å². The van der Waals surface area contributed by atoms with Crippen molar-refractivity contribution < 1.29 is 27.8 Å². The Labute approximate surface area is 277 Å². The molecule has 0 aromatic heterocycles. The van der Waals surface area contributed by atoms with Crippen molar-refractivity contribution in [2.45, 2.75) is 87.6 Å². The molecule has 8 nitrogen and oxygen atoms in total. The number of amides is 1. The molecule has 7 rings (SSSR count). The number of aryl methyl sites for hydroxylation is 1. The van der Waals surface area contributed by atoms with Crippen LogP contribution in [-0.2, 0) is 26.6 Å². The molecule has 3 aliphatic heterocycles. The largest absolute Gasteiger partial charge is 0.490 e. The first-order valence-corrected chi connectivity index (χ1v) is 18.9. The van der Waals surface area contributed by atoms with E-state index in [-0.39, 0.29) is 34.8 Å². The number of halogens is 1. The number of allylic oxidation sites excluding steroid dienone is 1. The quantitative estimate of drug-likeness (QED) is 0.390. The molecule has 1 saturated heterocycles. The van der Waals surface area contributed by atoms with Crippen LogP contribution in [0.3, 0.4) is 0 Å². The Kier molecular flexibility index (Phi) is 8.89. The molecule has 7 atom stereocenters. The van der Waals surface area contributed by atoms with Gasteiger partial charge < -0.3 is 19.5 Å². The number of sulfonamides is 1. The molecule has 5 aliphatic rings.